The molecule has 0 aliphatic heterocycles. The van der Waals surface area contributed by atoms with Crippen LogP contribution in [0.1, 0.15) is 18.5 Å². The summed E-state index contributed by atoms with van der Waals surface area (Å²) in [5.74, 6) is -0.604. The van der Waals surface area contributed by atoms with Crippen LogP contribution >= 0.6 is 23.2 Å². The normalized spacial score (nSPS) is 13.6. The van der Waals surface area contributed by atoms with Gasteiger partial charge in [0.25, 0.3) is 0 Å². The average molecular weight is 334 g/mol. The van der Waals surface area contributed by atoms with E-state index in [1.165, 1.54) is 12.1 Å². The lowest BCUT2D eigenvalue weighted by atomic mass is 10.1. The molecule has 1 rings (SSSR count). The average Bonchev–Trinajstić information content (AvgIpc) is 2.31. The van der Waals surface area contributed by atoms with Crippen molar-refractivity contribution in [3.63, 3.8) is 0 Å². The molecule has 1 unspecified atom stereocenters. The van der Waals surface area contributed by atoms with Crippen LogP contribution in [0.25, 0.3) is 0 Å². The Morgan fingerprint density at radius 1 is 1.25 bits per heavy atom. The molecule has 0 radical (unpaired) electrons. The van der Waals surface area contributed by atoms with E-state index in [1.807, 2.05) is 0 Å². The summed E-state index contributed by atoms with van der Waals surface area (Å²) in [7, 11) is 0. The van der Waals surface area contributed by atoms with E-state index in [2.05, 4.69) is 10.1 Å². The van der Waals surface area contributed by atoms with Crippen molar-refractivity contribution in [3.05, 3.63) is 33.6 Å². The largest absolute Gasteiger partial charge is 0.411 e. The van der Waals surface area contributed by atoms with E-state index in [0.29, 0.717) is 5.56 Å². The van der Waals surface area contributed by atoms with Crippen LogP contribution in [0.15, 0.2) is 12.1 Å². The molecule has 0 aromatic heterocycles. The Balaban J connectivity index is 2.44. The summed E-state index contributed by atoms with van der Waals surface area (Å²) in [5.41, 5.74) is 0.476. The van der Waals surface area contributed by atoms with Gasteiger partial charge in [0.05, 0.1) is 11.6 Å². The summed E-state index contributed by atoms with van der Waals surface area (Å²) in [6, 6.07) is 2.13. The van der Waals surface area contributed by atoms with E-state index in [9.17, 15) is 17.6 Å². The lowest BCUT2D eigenvalue weighted by Gasteiger charge is -2.16. The van der Waals surface area contributed by atoms with E-state index in [-0.39, 0.29) is 29.2 Å². The van der Waals surface area contributed by atoms with Crippen molar-refractivity contribution in [1.82, 2.24) is 5.32 Å². The Labute approximate surface area is 124 Å². The SMILES string of the molecule is CC(NCCOCC(F)(F)F)c1cc(F)c(Cl)cc1Cl. The van der Waals surface area contributed by atoms with Gasteiger partial charge in [-0.05, 0) is 24.6 Å². The first kappa shape index (κ1) is 17.5. The van der Waals surface area contributed by atoms with Crippen molar-refractivity contribution >= 4 is 23.2 Å². The molecule has 0 fully saturated rings. The fourth-order valence-corrected chi connectivity index (χ4v) is 2.06. The van der Waals surface area contributed by atoms with Gasteiger partial charge in [-0.25, -0.2) is 4.39 Å². The minimum Gasteiger partial charge on any atom is -0.371 e. The fraction of sp³-hybridized carbons (Fsp3) is 0.500. The molecular formula is C12H13Cl2F4NO. The summed E-state index contributed by atoms with van der Waals surface area (Å²) >= 11 is 11.5. The maximum atomic E-state index is 13.3. The number of benzene rings is 1. The molecule has 0 saturated heterocycles. The van der Waals surface area contributed by atoms with Crippen LogP contribution in [0.2, 0.25) is 10.0 Å². The molecule has 0 amide bonds. The third-order valence-electron chi connectivity index (χ3n) is 2.47. The Hall–Kier alpha value is -0.560. The van der Waals surface area contributed by atoms with E-state index < -0.39 is 18.6 Å². The van der Waals surface area contributed by atoms with Gasteiger partial charge >= 0.3 is 6.18 Å². The first-order valence-corrected chi connectivity index (χ1v) is 6.48. The summed E-state index contributed by atoms with van der Waals surface area (Å²) in [4.78, 5) is 0. The van der Waals surface area contributed by atoms with Gasteiger partial charge in [-0.1, -0.05) is 23.2 Å². The number of ether oxygens (including phenoxy) is 1. The number of hydrogen-bond donors (Lipinski definition) is 1. The Morgan fingerprint density at radius 3 is 2.50 bits per heavy atom. The van der Waals surface area contributed by atoms with Gasteiger partial charge in [0.2, 0.25) is 0 Å². The molecule has 20 heavy (non-hydrogen) atoms. The standard InChI is InChI=1S/C12H13Cl2F4NO/c1-7(19-2-3-20-6-12(16,17)18)8-4-11(15)10(14)5-9(8)13/h4-5,7,19H,2-3,6H2,1H3. The van der Waals surface area contributed by atoms with Gasteiger partial charge in [-0.15, -0.1) is 0 Å². The molecule has 0 saturated carbocycles. The van der Waals surface area contributed by atoms with Gasteiger partial charge in [0, 0.05) is 17.6 Å². The van der Waals surface area contributed by atoms with Crippen molar-refractivity contribution in [2.45, 2.75) is 19.1 Å². The van der Waals surface area contributed by atoms with Crippen LogP contribution < -0.4 is 5.32 Å². The van der Waals surface area contributed by atoms with Gasteiger partial charge in [-0.2, -0.15) is 13.2 Å². The molecule has 1 atom stereocenters. The lowest BCUT2D eigenvalue weighted by molar-refractivity contribution is -0.173. The summed E-state index contributed by atoms with van der Waals surface area (Å²) < 4.78 is 53.2. The molecule has 0 bridgehead atoms. The highest BCUT2D eigenvalue weighted by molar-refractivity contribution is 6.35. The highest BCUT2D eigenvalue weighted by Crippen LogP contribution is 2.28. The second-order valence-electron chi connectivity index (χ2n) is 4.13. The summed E-state index contributed by atoms with van der Waals surface area (Å²) in [5, 5.41) is 3.09. The van der Waals surface area contributed by atoms with Crippen LogP contribution in [0.3, 0.4) is 0 Å². The minimum absolute atomic E-state index is 0.0838. The monoisotopic (exact) mass is 333 g/mol. The third kappa shape index (κ3) is 5.83. The van der Waals surface area contributed by atoms with E-state index >= 15 is 0 Å². The first-order valence-electron chi connectivity index (χ1n) is 5.73. The molecule has 1 N–H and O–H groups in total. The van der Waals surface area contributed by atoms with Crippen molar-refractivity contribution < 1.29 is 22.3 Å². The second-order valence-corrected chi connectivity index (χ2v) is 4.95. The maximum absolute atomic E-state index is 13.3. The Bertz CT molecular complexity index is 454. The predicted octanol–water partition coefficient (Wildman–Crippen LogP) is 4.36. The number of halogens is 6. The van der Waals surface area contributed by atoms with Crippen molar-refractivity contribution in [2.24, 2.45) is 0 Å². The van der Waals surface area contributed by atoms with E-state index in [4.69, 9.17) is 23.2 Å². The fourth-order valence-electron chi connectivity index (χ4n) is 1.52. The van der Waals surface area contributed by atoms with Crippen molar-refractivity contribution in [1.29, 1.82) is 0 Å². The third-order valence-corrected chi connectivity index (χ3v) is 3.09. The second kappa shape index (κ2) is 7.45. The number of hydrogen-bond acceptors (Lipinski definition) is 2. The molecule has 1 aromatic carbocycles. The van der Waals surface area contributed by atoms with Crippen molar-refractivity contribution in [3.8, 4) is 0 Å². The molecule has 114 valence electrons. The predicted molar refractivity (Wildman–Crippen MR) is 69.7 cm³/mol. The van der Waals surface area contributed by atoms with Crippen LogP contribution in [0, 0.1) is 5.82 Å². The molecule has 0 heterocycles. The maximum Gasteiger partial charge on any atom is 0.411 e. The highest BCUT2D eigenvalue weighted by atomic mass is 35.5. The summed E-state index contributed by atoms with van der Waals surface area (Å²) in [6.45, 7) is 0.479. The van der Waals surface area contributed by atoms with Gasteiger partial charge in [-0.3, -0.25) is 0 Å². The zero-order valence-electron chi connectivity index (χ0n) is 10.5. The van der Waals surface area contributed by atoms with Gasteiger partial charge in [0.1, 0.15) is 12.4 Å². The molecule has 8 heteroatoms. The lowest BCUT2D eigenvalue weighted by Crippen LogP contribution is -2.26. The Kier molecular flexibility index (Phi) is 6.51. The van der Waals surface area contributed by atoms with E-state index in [1.54, 1.807) is 6.92 Å². The summed E-state index contributed by atoms with van der Waals surface area (Å²) in [6.07, 6.45) is -4.34. The molecule has 0 aliphatic rings. The minimum atomic E-state index is -4.34. The first-order chi connectivity index (χ1) is 9.20. The number of alkyl halides is 3. The molecule has 2 nitrogen and oxygen atoms in total. The van der Waals surface area contributed by atoms with Crippen molar-refractivity contribution in [2.75, 3.05) is 19.8 Å². The molecule has 0 spiro atoms. The smallest absolute Gasteiger partial charge is 0.371 e. The quantitative estimate of drug-likeness (QED) is 0.474. The molecule has 1 aromatic rings. The van der Waals surface area contributed by atoms with E-state index in [0.717, 1.165) is 0 Å². The number of nitrogens with one attached hydrogen (secondary N) is 1. The van der Waals surface area contributed by atoms with Crippen LogP contribution in [-0.4, -0.2) is 25.9 Å². The Morgan fingerprint density at radius 2 is 1.90 bits per heavy atom. The van der Waals surface area contributed by atoms with Crippen LogP contribution in [0.5, 0.6) is 0 Å². The molecule has 0 aliphatic carbocycles. The van der Waals surface area contributed by atoms with Gasteiger partial charge in [0.15, 0.2) is 0 Å². The van der Waals surface area contributed by atoms with Crippen LogP contribution in [-0.2, 0) is 4.74 Å². The highest BCUT2D eigenvalue weighted by Gasteiger charge is 2.27. The number of rotatable bonds is 6. The molecular weight excluding hydrogens is 321 g/mol. The topological polar surface area (TPSA) is 21.3 Å². The van der Waals surface area contributed by atoms with Crippen LogP contribution in [0.4, 0.5) is 17.6 Å². The zero-order valence-corrected chi connectivity index (χ0v) is 12.0. The zero-order chi connectivity index (χ0) is 15.3. The van der Waals surface area contributed by atoms with Gasteiger partial charge < -0.3 is 10.1 Å².